The topological polar surface area (TPSA) is 39.1 Å². The van der Waals surface area contributed by atoms with Crippen LogP contribution in [0.1, 0.15) is 11.4 Å². The van der Waals surface area contributed by atoms with Crippen LogP contribution in [0.2, 0.25) is 0 Å². The molecule has 2 aromatic rings. The van der Waals surface area contributed by atoms with Gasteiger partial charge in [0.25, 0.3) is 0 Å². The normalized spacial score (nSPS) is 10.6. The van der Waals surface area contributed by atoms with Gasteiger partial charge in [0, 0.05) is 36.0 Å². The standard InChI is InChI=1S/C13H16BrN3O/c1-17-6-5-16-13(17)9-15-8-10-7-11(14)3-4-12(10)18-2/h3-7,15H,8-9H2,1-2H3. The van der Waals surface area contributed by atoms with Gasteiger partial charge in [-0.2, -0.15) is 0 Å². The molecule has 18 heavy (non-hydrogen) atoms. The number of aryl methyl sites for hydroxylation is 1. The Morgan fingerprint density at radius 3 is 2.89 bits per heavy atom. The highest BCUT2D eigenvalue weighted by Crippen LogP contribution is 2.22. The van der Waals surface area contributed by atoms with Crippen molar-refractivity contribution in [3.8, 4) is 5.75 Å². The highest BCUT2D eigenvalue weighted by atomic mass is 79.9. The minimum atomic E-state index is 0.735. The van der Waals surface area contributed by atoms with Crippen LogP contribution in [0.4, 0.5) is 0 Å². The van der Waals surface area contributed by atoms with Crippen LogP contribution in [0.3, 0.4) is 0 Å². The Morgan fingerprint density at radius 2 is 2.22 bits per heavy atom. The molecule has 4 nitrogen and oxygen atoms in total. The maximum Gasteiger partial charge on any atom is 0.123 e. The number of ether oxygens (including phenoxy) is 1. The molecule has 0 aliphatic heterocycles. The number of hydrogen-bond acceptors (Lipinski definition) is 3. The minimum absolute atomic E-state index is 0.735. The van der Waals surface area contributed by atoms with Crippen LogP contribution in [0.5, 0.6) is 5.75 Å². The predicted octanol–water partition coefficient (Wildman–Crippen LogP) is 2.48. The van der Waals surface area contributed by atoms with Crippen molar-refractivity contribution in [2.45, 2.75) is 13.1 Å². The Morgan fingerprint density at radius 1 is 1.39 bits per heavy atom. The zero-order valence-corrected chi connectivity index (χ0v) is 12.1. The molecule has 96 valence electrons. The van der Waals surface area contributed by atoms with Gasteiger partial charge >= 0.3 is 0 Å². The number of aromatic nitrogens is 2. The minimum Gasteiger partial charge on any atom is -0.496 e. The first-order valence-corrected chi connectivity index (χ1v) is 6.49. The largest absolute Gasteiger partial charge is 0.496 e. The highest BCUT2D eigenvalue weighted by molar-refractivity contribution is 9.10. The molecule has 0 saturated heterocycles. The summed E-state index contributed by atoms with van der Waals surface area (Å²) in [5, 5.41) is 3.36. The number of nitrogens with zero attached hydrogens (tertiary/aromatic N) is 2. The van der Waals surface area contributed by atoms with E-state index in [0.29, 0.717) is 0 Å². The number of halogens is 1. The third kappa shape index (κ3) is 3.11. The first-order chi connectivity index (χ1) is 8.70. The zero-order chi connectivity index (χ0) is 13.0. The van der Waals surface area contributed by atoms with E-state index in [-0.39, 0.29) is 0 Å². The van der Waals surface area contributed by atoms with E-state index in [1.54, 1.807) is 13.3 Å². The Balaban J connectivity index is 1.98. The molecule has 0 fully saturated rings. The summed E-state index contributed by atoms with van der Waals surface area (Å²) in [5.41, 5.74) is 1.13. The van der Waals surface area contributed by atoms with Crippen molar-refractivity contribution in [2.75, 3.05) is 7.11 Å². The molecule has 1 aromatic heterocycles. The molecule has 1 aromatic carbocycles. The summed E-state index contributed by atoms with van der Waals surface area (Å²) in [6.45, 7) is 1.48. The first kappa shape index (κ1) is 13.1. The van der Waals surface area contributed by atoms with Gasteiger partial charge in [-0.1, -0.05) is 15.9 Å². The van der Waals surface area contributed by atoms with E-state index in [1.807, 2.05) is 29.9 Å². The lowest BCUT2D eigenvalue weighted by molar-refractivity contribution is 0.407. The van der Waals surface area contributed by atoms with E-state index in [1.165, 1.54) is 0 Å². The van der Waals surface area contributed by atoms with Gasteiger partial charge in [-0.15, -0.1) is 0 Å². The van der Waals surface area contributed by atoms with Crippen molar-refractivity contribution in [2.24, 2.45) is 7.05 Å². The third-order valence-electron chi connectivity index (χ3n) is 2.76. The molecule has 0 spiro atoms. The lowest BCUT2D eigenvalue weighted by atomic mass is 10.2. The van der Waals surface area contributed by atoms with Gasteiger partial charge in [0.2, 0.25) is 0 Å². The van der Waals surface area contributed by atoms with Crippen molar-refractivity contribution in [3.05, 3.63) is 46.5 Å². The van der Waals surface area contributed by atoms with Gasteiger partial charge < -0.3 is 14.6 Å². The number of benzene rings is 1. The summed E-state index contributed by atoms with van der Waals surface area (Å²) < 4.78 is 8.39. The van der Waals surface area contributed by atoms with Crippen LogP contribution in [-0.2, 0) is 20.1 Å². The molecule has 0 unspecified atom stereocenters. The van der Waals surface area contributed by atoms with Gasteiger partial charge in [0.1, 0.15) is 11.6 Å². The summed E-state index contributed by atoms with van der Waals surface area (Å²) in [6, 6.07) is 5.99. The smallest absolute Gasteiger partial charge is 0.123 e. The number of nitrogens with one attached hydrogen (secondary N) is 1. The molecule has 0 atom stereocenters. The summed E-state index contributed by atoms with van der Waals surface area (Å²) in [6.07, 6.45) is 3.74. The Hall–Kier alpha value is -1.33. The highest BCUT2D eigenvalue weighted by Gasteiger charge is 2.04. The van der Waals surface area contributed by atoms with E-state index in [9.17, 15) is 0 Å². The van der Waals surface area contributed by atoms with E-state index < -0.39 is 0 Å². The zero-order valence-electron chi connectivity index (χ0n) is 10.5. The van der Waals surface area contributed by atoms with Crippen LogP contribution in [0.25, 0.3) is 0 Å². The molecule has 2 rings (SSSR count). The van der Waals surface area contributed by atoms with Crippen molar-refractivity contribution in [1.82, 2.24) is 14.9 Å². The average molecular weight is 310 g/mol. The summed E-state index contributed by atoms with van der Waals surface area (Å²) in [7, 11) is 3.68. The summed E-state index contributed by atoms with van der Waals surface area (Å²) in [4.78, 5) is 4.27. The molecular weight excluding hydrogens is 294 g/mol. The Bertz CT molecular complexity index is 525. The molecule has 1 heterocycles. The van der Waals surface area contributed by atoms with Crippen LogP contribution >= 0.6 is 15.9 Å². The van der Waals surface area contributed by atoms with Crippen LogP contribution in [-0.4, -0.2) is 16.7 Å². The molecule has 0 aliphatic carbocycles. The van der Waals surface area contributed by atoms with Crippen molar-refractivity contribution in [1.29, 1.82) is 0 Å². The predicted molar refractivity (Wildman–Crippen MR) is 74.4 cm³/mol. The second-order valence-electron chi connectivity index (χ2n) is 4.01. The molecule has 0 radical (unpaired) electrons. The lowest BCUT2D eigenvalue weighted by Crippen LogP contribution is -2.16. The molecule has 0 bridgehead atoms. The molecule has 0 saturated carbocycles. The molecule has 0 amide bonds. The second kappa shape index (κ2) is 6.02. The number of rotatable bonds is 5. The van der Waals surface area contributed by atoms with Crippen molar-refractivity contribution in [3.63, 3.8) is 0 Å². The number of hydrogen-bond donors (Lipinski definition) is 1. The van der Waals surface area contributed by atoms with Gasteiger partial charge in [0.15, 0.2) is 0 Å². The van der Waals surface area contributed by atoms with Crippen molar-refractivity contribution >= 4 is 15.9 Å². The maximum atomic E-state index is 5.33. The quantitative estimate of drug-likeness (QED) is 0.922. The summed E-state index contributed by atoms with van der Waals surface area (Å²) in [5.74, 6) is 1.91. The van der Waals surface area contributed by atoms with Crippen LogP contribution in [0.15, 0.2) is 35.1 Å². The van der Waals surface area contributed by atoms with E-state index in [0.717, 1.165) is 34.7 Å². The molecular formula is C13H16BrN3O. The first-order valence-electron chi connectivity index (χ1n) is 5.70. The van der Waals surface area contributed by atoms with Crippen LogP contribution in [0, 0.1) is 0 Å². The van der Waals surface area contributed by atoms with Gasteiger partial charge in [-0.3, -0.25) is 0 Å². The Labute approximate surface area is 115 Å². The Kier molecular flexibility index (Phi) is 4.38. The lowest BCUT2D eigenvalue weighted by Gasteiger charge is -2.10. The second-order valence-corrected chi connectivity index (χ2v) is 4.93. The van der Waals surface area contributed by atoms with Gasteiger partial charge in [-0.05, 0) is 18.2 Å². The fourth-order valence-electron chi connectivity index (χ4n) is 1.76. The number of methoxy groups -OCH3 is 1. The fourth-order valence-corrected chi connectivity index (χ4v) is 2.17. The van der Waals surface area contributed by atoms with E-state index in [2.05, 4.69) is 32.3 Å². The maximum absolute atomic E-state index is 5.33. The van der Waals surface area contributed by atoms with Crippen molar-refractivity contribution < 1.29 is 4.74 Å². The fraction of sp³-hybridized carbons (Fsp3) is 0.308. The van der Waals surface area contributed by atoms with Crippen LogP contribution < -0.4 is 10.1 Å². The molecule has 0 aliphatic rings. The SMILES string of the molecule is COc1ccc(Br)cc1CNCc1nccn1C. The molecule has 5 heteroatoms. The monoisotopic (exact) mass is 309 g/mol. The summed E-state index contributed by atoms with van der Waals surface area (Å²) >= 11 is 3.47. The average Bonchev–Trinajstić information content (AvgIpc) is 2.76. The third-order valence-corrected chi connectivity index (χ3v) is 3.26. The van der Waals surface area contributed by atoms with E-state index in [4.69, 9.17) is 4.74 Å². The van der Waals surface area contributed by atoms with Gasteiger partial charge in [-0.25, -0.2) is 4.98 Å². The van der Waals surface area contributed by atoms with Gasteiger partial charge in [0.05, 0.1) is 13.7 Å². The number of imidazole rings is 1. The molecule has 1 N–H and O–H groups in total. The van der Waals surface area contributed by atoms with E-state index >= 15 is 0 Å².